The molecule has 2 aliphatic rings. The van der Waals surface area contributed by atoms with E-state index < -0.39 is 0 Å². The molecule has 3 heteroatoms. The van der Waals surface area contributed by atoms with Crippen LogP contribution in [-0.2, 0) is 9.53 Å². The Balaban J connectivity index is 1.53. The highest BCUT2D eigenvalue weighted by molar-refractivity contribution is 5.79. The van der Waals surface area contributed by atoms with Gasteiger partial charge in [-0.05, 0) is 43.2 Å². The van der Waals surface area contributed by atoms with Gasteiger partial charge in [0.2, 0.25) is 5.91 Å². The third kappa shape index (κ3) is 3.73. The van der Waals surface area contributed by atoms with Crippen molar-refractivity contribution in [3.05, 3.63) is 42.0 Å². The molecule has 1 fully saturated rings. The van der Waals surface area contributed by atoms with Gasteiger partial charge in [0.05, 0.1) is 0 Å². The number of nitrogens with one attached hydrogen (secondary N) is 1. The number of carbonyl (C=O) groups excluding carboxylic acids is 1. The van der Waals surface area contributed by atoms with Crippen molar-refractivity contribution >= 4 is 11.5 Å². The number of rotatable bonds is 3. The fourth-order valence-electron chi connectivity index (χ4n) is 3.16. The van der Waals surface area contributed by atoms with Crippen LogP contribution < -0.4 is 5.32 Å². The van der Waals surface area contributed by atoms with E-state index in [0.717, 1.165) is 45.3 Å². The van der Waals surface area contributed by atoms with Gasteiger partial charge >= 0.3 is 0 Å². The Morgan fingerprint density at radius 2 is 1.86 bits per heavy atom. The summed E-state index contributed by atoms with van der Waals surface area (Å²) in [6.45, 7) is 1.45. The van der Waals surface area contributed by atoms with Crippen LogP contribution in [0.25, 0.3) is 5.57 Å². The number of ether oxygens (including phenoxy) is 1. The molecule has 1 aliphatic heterocycles. The van der Waals surface area contributed by atoms with E-state index in [1.165, 1.54) is 11.1 Å². The predicted molar refractivity (Wildman–Crippen MR) is 83.7 cm³/mol. The van der Waals surface area contributed by atoms with Gasteiger partial charge < -0.3 is 10.1 Å². The molecule has 1 unspecified atom stereocenters. The maximum atomic E-state index is 12.2. The molecule has 1 saturated heterocycles. The summed E-state index contributed by atoms with van der Waals surface area (Å²) >= 11 is 0. The first-order valence-corrected chi connectivity index (χ1v) is 7.95. The zero-order chi connectivity index (χ0) is 14.5. The van der Waals surface area contributed by atoms with Gasteiger partial charge in [-0.25, -0.2) is 0 Å². The van der Waals surface area contributed by atoms with E-state index in [9.17, 15) is 4.79 Å². The zero-order valence-corrected chi connectivity index (χ0v) is 12.4. The molecular weight excluding hydrogens is 262 g/mol. The van der Waals surface area contributed by atoms with Crippen LogP contribution in [0.5, 0.6) is 0 Å². The van der Waals surface area contributed by atoms with Crippen molar-refractivity contribution < 1.29 is 9.53 Å². The molecule has 1 atom stereocenters. The molecule has 0 aromatic heterocycles. The molecule has 3 rings (SSSR count). The summed E-state index contributed by atoms with van der Waals surface area (Å²) in [5.74, 6) is 0.373. The molecule has 3 nitrogen and oxygen atoms in total. The molecule has 0 spiro atoms. The summed E-state index contributed by atoms with van der Waals surface area (Å²) in [6, 6.07) is 10.8. The maximum absolute atomic E-state index is 12.2. The average molecular weight is 285 g/mol. The number of allylic oxidation sites excluding steroid dienone is 1. The molecule has 1 aromatic carbocycles. The number of carbonyl (C=O) groups is 1. The summed E-state index contributed by atoms with van der Waals surface area (Å²) in [5, 5.41) is 3.22. The van der Waals surface area contributed by atoms with Crippen molar-refractivity contribution in [3.8, 4) is 0 Å². The molecule has 1 aliphatic carbocycles. The highest BCUT2D eigenvalue weighted by atomic mass is 16.5. The quantitative estimate of drug-likeness (QED) is 0.926. The Hall–Kier alpha value is -1.61. The summed E-state index contributed by atoms with van der Waals surface area (Å²) in [5.41, 5.74) is 2.72. The van der Waals surface area contributed by atoms with Gasteiger partial charge in [-0.2, -0.15) is 0 Å². The lowest BCUT2D eigenvalue weighted by Crippen LogP contribution is -2.41. The molecule has 1 heterocycles. The molecule has 0 bridgehead atoms. The van der Waals surface area contributed by atoms with Crippen LogP contribution in [0.15, 0.2) is 36.4 Å². The summed E-state index contributed by atoms with van der Waals surface area (Å²) in [4.78, 5) is 12.2. The third-order valence-corrected chi connectivity index (χ3v) is 4.49. The Labute approximate surface area is 126 Å². The molecular formula is C18H23NO2. The zero-order valence-electron chi connectivity index (χ0n) is 12.4. The van der Waals surface area contributed by atoms with E-state index >= 15 is 0 Å². The molecule has 112 valence electrons. The second-order valence-corrected chi connectivity index (χ2v) is 5.96. The Morgan fingerprint density at radius 1 is 1.10 bits per heavy atom. The number of hydrogen-bond acceptors (Lipinski definition) is 2. The van der Waals surface area contributed by atoms with Crippen molar-refractivity contribution in [2.24, 2.45) is 5.92 Å². The SMILES string of the molecule is O=C(NC1CC=C(c2ccccc2)CC1)C1CCOCC1. The molecule has 1 N–H and O–H groups in total. The first kappa shape index (κ1) is 14.3. The minimum Gasteiger partial charge on any atom is -0.381 e. The van der Waals surface area contributed by atoms with Gasteiger partial charge in [-0.1, -0.05) is 36.4 Å². The first-order valence-electron chi connectivity index (χ1n) is 7.95. The molecule has 0 saturated carbocycles. The van der Waals surface area contributed by atoms with Crippen molar-refractivity contribution in [2.45, 2.75) is 38.1 Å². The lowest BCUT2D eigenvalue weighted by atomic mass is 9.90. The van der Waals surface area contributed by atoms with E-state index in [2.05, 4.69) is 35.7 Å². The molecule has 1 amide bonds. The highest BCUT2D eigenvalue weighted by Gasteiger charge is 2.24. The molecule has 21 heavy (non-hydrogen) atoms. The second-order valence-electron chi connectivity index (χ2n) is 5.96. The fourth-order valence-corrected chi connectivity index (χ4v) is 3.16. The van der Waals surface area contributed by atoms with Crippen LogP contribution in [0.2, 0.25) is 0 Å². The van der Waals surface area contributed by atoms with E-state index in [4.69, 9.17) is 4.74 Å². The van der Waals surface area contributed by atoms with Crippen LogP contribution in [0.1, 0.15) is 37.7 Å². The van der Waals surface area contributed by atoms with E-state index in [1.807, 2.05) is 6.07 Å². The van der Waals surface area contributed by atoms with Gasteiger partial charge in [-0.3, -0.25) is 4.79 Å². The molecule has 0 radical (unpaired) electrons. The summed E-state index contributed by atoms with van der Waals surface area (Å²) in [6.07, 6.45) is 7.04. The molecule has 1 aromatic rings. The summed E-state index contributed by atoms with van der Waals surface area (Å²) < 4.78 is 5.31. The summed E-state index contributed by atoms with van der Waals surface area (Å²) in [7, 11) is 0. The van der Waals surface area contributed by atoms with Crippen molar-refractivity contribution in [2.75, 3.05) is 13.2 Å². The Kier molecular flexibility index (Phi) is 4.71. The smallest absolute Gasteiger partial charge is 0.223 e. The Bertz CT molecular complexity index is 503. The number of benzene rings is 1. The Morgan fingerprint density at radius 3 is 2.52 bits per heavy atom. The first-order chi connectivity index (χ1) is 10.3. The van der Waals surface area contributed by atoms with Crippen molar-refractivity contribution in [1.82, 2.24) is 5.32 Å². The minimum absolute atomic E-state index is 0.151. The normalized spacial score (nSPS) is 23.4. The minimum atomic E-state index is 0.151. The van der Waals surface area contributed by atoms with Gasteiger partial charge in [-0.15, -0.1) is 0 Å². The topological polar surface area (TPSA) is 38.3 Å². The van der Waals surface area contributed by atoms with Crippen LogP contribution in [-0.4, -0.2) is 25.2 Å². The van der Waals surface area contributed by atoms with Crippen molar-refractivity contribution in [1.29, 1.82) is 0 Å². The predicted octanol–water partition coefficient (Wildman–Crippen LogP) is 3.17. The van der Waals surface area contributed by atoms with Crippen LogP contribution in [0.3, 0.4) is 0 Å². The third-order valence-electron chi connectivity index (χ3n) is 4.49. The number of amides is 1. The van der Waals surface area contributed by atoms with Gasteiger partial charge in [0, 0.05) is 25.2 Å². The van der Waals surface area contributed by atoms with Gasteiger partial charge in [0.1, 0.15) is 0 Å². The van der Waals surface area contributed by atoms with Crippen molar-refractivity contribution in [3.63, 3.8) is 0 Å². The second kappa shape index (κ2) is 6.90. The maximum Gasteiger partial charge on any atom is 0.223 e. The standard InChI is InChI=1S/C18H23NO2/c20-18(16-10-12-21-13-11-16)19-17-8-6-15(7-9-17)14-4-2-1-3-5-14/h1-6,16-17H,7-13H2,(H,19,20). The largest absolute Gasteiger partial charge is 0.381 e. The van der Waals surface area contributed by atoms with E-state index in [1.54, 1.807) is 0 Å². The lowest BCUT2D eigenvalue weighted by Gasteiger charge is -2.27. The monoisotopic (exact) mass is 285 g/mol. The number of hydrogen-bond donors (Lipinski definition) is 1. The van der Waals surface area contributed by atoms with E-state index in [-0.39, 0.29) is 11.8 Å². The lowest BCUT2D eigenvalue weighted by molar-refractivity contribution is -0.128. The fraction of sp³-hybridized carbons (Fsp3) is 0.500. The van der Waals surface area contributed by atoms with Crippen LogP contribution in [0.4, 0.5) is 0 Å². The average Bonchev–Trinajstić information content (AvgIpc) is 2.57. The van der Waals surface area contributed by atoms with Gasteiger partial charge in [0.15, 0.2) is 0 Å². The van der Waals surface area contributed by atoms with Crippen LogP contribution in [0, 0.1) is 5.92 Å². The van der Waals surface area contributed by atoms with Gasteiger partial charge in [0.25, 0.3) is 0 Å². The van der Waals surface area contributed by atoms with Crippen LogP contribution >= 0.6 is 0 Å². The van der Waals surface area contributed by atoms with E-state index in [0.29, 0.717) is 6.04 Å². The highest BCUT2D eigenvalue weighted by Crippen LogP contribution is 2.27.